The van der Waals surface area contributed by atoms with Crippen LogP contribution in [-0.4, -0.2) is 0 Å². The number of nitrogens with two attached hydrogens (primary N) is 2. The fourth-order valence-electron chi connectivity index (χ4n) is 1.41. The minimum absolute atomic E-state index is 0.528. The number of benzene rings is 1. The van der Waals surface area contributed by atoms with Crippen LogP contribution >= 0.6 is 0 Å². The largest absolute Gasteiger partial charge is 0.398 e. The molecule has 66 valence electrons. The van der Waals surface area contributed by atoms with Crippen LogP contribution in [0.15, 0.2) is 12.1 Å². The fourth-order valence-corrected chi connectivity index (χ4v) is 1.41. The highest BCUT2D eigenvalue weighted by Gasteiger charge is 2.02. The van der Waals surface area contributed by atoms with E-state index in [-0.39, 0.29) is 0 Å². The maximum atomic E-state index is 5.89. The lowest BCUT2D eigenvalue weighted by Gasteiger charge is -2.09. The van der Waals surface area contributed by atoms with E-state index in [0.717, 1.165) is 17.7 Å². The summed E-state index contributed by atoms with van der Waals surface area (Å²) in [5.41, 5.74) is 15.8. The van der Waals surface area contributed by atoms with E-state index in [0.29, 0.717) is 6.54 Å². The molecule has 2 heteroatoms. The number of aryl methyl sites for hydroxylation is 2. The molecule has 1 rings (SSSR count). The molecule has 0 saturated carbocycles. The van der Waals surface area contributed by atoms with Crippen molar-refractivity contribution in [2.45, 2.75) is 26.8 Å². The summed E-state index contributed by atoms with van der Waals surface area (Å²) < 4.78 is 0. The maximum absolute atomic E-state index is 5.89. The molecule has 0 bridgehead atoms. The molecule has 0 atom stereocenters. The molecule has 0 aliphatic rings. The first kappa shape index (κ1) is 9.07. The predicted octanol–water partition coefficient (Wildman–Crippen LogP) is 1.60. The lowest BCUT2D eigenvalue weighted by Crippen LogP contribution is -2.04. The Morgan fingerprint density at radius 2 is 1.83 bits per heavy atom. The first-order valence-electron chi connectivity index (χ1n) is 4.27. The number of hydrogen-bond donors (Lipinski definition) is 2. The molecule has 0 aromatic heterocycles. The van der Waals surface area contributed by atoms with E-state index in [9.17, 15) is 0 Å². The van der Waals surface area contributed by atoms with Crippen LogP contribution < -0.4 is 11.5 Å². The van der Waals surface area contributed by atoms with E-state index < -0.39 is 0 Å². The molecular formula is C10H16N2. The predicted molar refractivity (Wildman–Crippen MR) is 52.9 cm³/mol. The zero-order valence-electron chi connectivity index (χ0n) is 7.72. The van der Waals surface area contributed by atoms with Crippen LogP contribution in [0.3, 0.4) is 0 Å². The van der Waals surface area contributed by atoms with Crippen molar-refractivity contribution in [1.82, 2.24) is 0 Å². The molecule has 1 aromatic carbocycles. The second kappa shape index (κ2) is 3.59. The van der Waals surface area contributed by atoms with Crippen LogP contribution in [0.2, 0.25) is 0 Å². The second-order valence-corrected chi connectivity index (χ2v) is 3.05. The molecule has 2 nitrogen and oxygen atoms in total. The summed E-state index contributed by atoms with van der Waals surface area (Å²) in [6.07, 6.45) is 0.973. The second-order valence-electron chi connectivity index (χ2n) is 3.05. The zero-order valence-corrected chi connectivity index (χ0v) is 7.72. The molecule has 0 fully saturated rings. The van der Waals surface area contributed by atoms with Crippen molar-refractivity contribution in [3.63, 3.8) is 0 Å². The third kappa shape index (κ3) is 1.59. The van der Waals surface area contributed by atoms with Gasteiger partial charge in [-0.2, -0.15) is 0 Å². The number of hydrogen-bond acceptors (Lipinski definition) is 2. The summed E-state index contributed by atoms with van der Waals surface area (Å²) in [5.74, 6) is 0. The van der Waals surface area contributed by atoms with Gasteiger partial charge < -0.3 is 11.5 Å². The van der Waals surface area contributed by atoms with E-state index >= 15 is 0 Å². The Hall–Kier alpha value is -1.02. The van der Waals surface area contributed by atoms with Crippen molar-refractivity contribution in [2.24, 2.45) is 5.73 Å². The summed E-state index contributed by atoms with van der Waals surface area (Å²) in [6, 6.07) is 4.17. The SMILES string of the molecule is CCc1cc(C)cc(CN)c1N. The van der Waals surface area contributed by atoms with Crippen LogP contribution in [0.1, 0.15) is 23.6 Å². The third-order valence-corrected chi connectivity index (χ3v) is 2.10. The van der Waals surface area contributed by atoms with Gasteiger partial charge in [-0.1, -0.05) is 24.6 Å². The number of nitrogen functional groups attached to an aromatic ring is 1. The number of rotatable bonds is 2. The van der Waals surface area contributed by atoms with Crippen LogP contribution in [0, 0.1) is 6.92 Å². The quantitative estimate of drug-likeness (QED) is 0.652. The maximum Gasteiger partial charge on any atom is 0.0392 e. The van der Waals surface area contributed by atoms with E-state index in [1.807, 2.05) is 0 Å². The Morgan fingerprint density at radius 1 is 1.25 bits per heavy atom. The molecule has 0 heterocycles. The molecule has 0 radical (unpaired) electrons. The van der Waals surface area contributed by atoms with E-state index in [1.54, 1.807) is 0 Å². The van der Waals surface area contributed by atoms with Gasteiger partial charge in [-0.05, 0) is 24.5 Å². The molecule has 0 aliphatic carbocycles. The van der Waals surface area contributed by atoms with Crippen LogP contribution in [0.4, 0.5) is 5.69 Å². The van der Waals surface area contributed by atoms with Crippen molar-refractivity contribution < 1.29 is 0 Å². The molecule has 0 unspecified atom stereocenters. The van der Waals surface area contributed by atoms with Crippen molar-refractivity contribution in [3.05, 3.63) is 28.8 Å². The van der Waals surface area contributed by atoms with Gasteiger partial charge in [-0.3, -0.25) is 0 Å². The standard InChI is InChI=1S/C10H16N2/c1-3-8-4-7(2)5-9(6-11)10(8)12/h4-5H,3,6,11-12H2,1-2H3. The average molecular weight is 164 g/mol. The van der Waals surface area contributed by atoms with Crippen molar-refractivity contribution in [3.8, 4) is 0 Å². The highest BCUT2D eigenvalue weighted by Crippen LogP contribution is 2.19. The van der Waals surface area contributed by atoms with Crippen LogP contribution in [-0.2, 0) is 13.0 Å². The van der Waals surface area contributed by atoms with Crippen molar-refractivity contribution in [1.29, 1.82) is 0 Å². The van der Waals surface area contributed by atoms with Gasteiger partial charge in [0.15, 0.2) is 0 Å². The van der Waals surface area contributed by atoms with Crippen LogP contribution in [0.25, 0.3) is 0 Å². The Labute approximate surface area is 73.6 Å². The topological polar surface area (TPSA) is 52.0 Å². The van der Waals surface area contributed by atoms with Gasteiger partial charge in [0.2, 0.25) is 0 Å². The molecule has 0 aliphatic heterocycles. The zero-order chi connectivity index (χ0) is 9.14. The molecular weight excluding hydrogens is 148 g/mol. The van der Waals surface area contributed by atoms with Gasteiger partial charge in [0.25, 0.3) is 0 Å². The average Bonchev–Trinajstić information content (AvgIpc) is 2.08. The van der Waals surface area contributed by atoms with Crippen molar-refractivity contribution in [2.75, 3.05) is 5.73 Å². The normalized spacial score (nSPS) is 10.2. The molecule has 0 saturated heterocycles. The van der Waals surface area contributed by atoms with Crippen molar-refractivity contribution >= 4 is 5.69 Å². The summed E-state index contributed by atoms with van der Waals surface area (Å²) in [7, 11) is 0. The van der Waals surface area contributed by atoms with E-state index in [4.69, 9.17) is 11.5 Å². The van der Waals surface area contributed by atoms with Gasteiger partial charge >= 0.3 is 0 Å². The van der Waals surface area contributed by atoms with Crippen LogP contribution in [0.5, 0.6) is 0 Å². The van der Waals surface area contributed by atoms with Gasteiger partial charge in [-0.25, -0.2) is 0 Å². The van der Waals surface area contributed by atoms with E-state index in [1.165, 1.54) is 11.1 Å². The minimum Gasteiger partial charge on any atom is -0.398 e. The highest BCUT2D eigenvalue weighted by molar-refractivity contribution is 5.55. The van der Waals surface area contributed by atoms with Gasteiger partial charge in [0.05, 0.1) is 0 Å². The van der Waals surface area contributed by atoms with E-state index in [2.05, 4.69) is 26.0 Å². The summed E-state index contributed by atoms with van der Waals surface area (Å²) in [6.45, 7) is 4.70. The van der Waals surface area contributed by atoms with Gasteiger partial charge in [0, 0.05) is 12.2 Å². The molecule has 4 N–H and O–H groups in total. The minimum atomic E-state index is 0.528. The monoisotopic (exact) mass is 164 g/mol. The summed E-state index contributed by atoms with van der Waals surface area (Å²) in [4.78, 5) is 0. The molecule has 1 aromatic rings. The first-order chi connectivity index (χ1) is 5.69. The Bertz CT molecular complexity index is 254. The Kier molecular flexibility index (Phi) is 2.71. The Morgan fingerprint density at radius 3 is 2.33 bits per heavy atom. The summed E-state index contributed by atoms with van der Waals surface area (Å²) in [5, 5.41) is 0. The molecule has 0 spiro atoms. The van der Waals surface area contributed by atoms with Gasteiger partial charge in [-0.15, -0.1) is 0 Å². The van der Waals surface area contributed by atoms with Gasteiger partial charge in [0.1, 0.15) is 0 Å². The first-order valence-corrected chi connectivity index (χ1v) is 4.27. The third-order valence-electron chi connectivity index (χ3n) is 2.10. The Balaban J connectivity index is 3.22. The molecule has 12 heavy (non-hydrogen) atoms. The fraction of sp³-hybridized carbons (Fsp3) is 0.400. The molecule has 0 amide bonds. The lowest BCUT2D eigenvalue weighted by atomic mass is 10.0. The smallest absolute Gasteiger partial charge is 0.0392 e. The summed E-state index contributed by atoms with van der Waals surface area (Å²) >= 11 is 0. The number of anilines is 1. The lowest BCUT2D eigenvalue weighted by molar-refractivity contribution is 1.05. The highest BCUT2D eigenvalue weighted by atomic mass is 14.6.